The van der Waals surface area contributed by atoms with E-state index in [1.165, 1.54) is 36.5 Å². The molecular weight excluding hydrogens is 412 g/mol. The number of benzene rings is 1. The first-order chi connectivity index (χ1) is 15.1. The number of hydrogen-bond acceptors (Lipinski definition) is 6. The smallest absolute Gasteiger partial charge is 0.343 e. The third-order valence-corrected chi connectivity index (χ3v) is 7.89. The lowest BCUT2D eigenvalue weighted by atomic mass is 10.1. The highest BCUT2D eigenvalue weighted by Crippen LogP contribution is 2.30. The van der Waals surface area contributed by atoms with Crippen LogP contribution in [0.25, 0.3) is 0 Å². The molecule has 164 valence electrons. The zero-order valence-corrected chi connectivity index (χ0v) is 18.7. The van der Waals surface area contributed by atoms with Gasteiger partial charge in [0.2, 0.25) is 0 Å². The Bertz CT molecular complexity index is 1020. The van der Waals surface area contributed by atoms with E-state index in [4.69, 9.17) is 9.47 Å². The average Bonchev–Trinajstić information content (AvgIpc) is 3.39. The van der Waals surface area contributed by atoms with Gasteiger partial charge in [0, 0.05) is 62.5 Å². The summed E-state index contributed by atoms with van der Waals surface area (Å²) >= 11 is 1.99. The second kappa shape index (κ2) is 8.71. The third kappa shape index (κ3) is 4.01. The van der Waals surface area contributed by atoms with Crippen LogP contribution in [-0.4, -0.2) is 59.3 Å². The minimum atomic E-state index is -0.431. The lowest BCUT2D eigenvalue weighted by molar-refractivity contribution is 0.0590. The molecule has 0 amide bonds. The van der Waals surface area contributed by atoms with Crippen molar-refractivity contribution >= 4 is 17.7 Å². The third-order valence-electron chi connectivity index (χ3n) is 6.75. The van der Waals surface area contributed by atoms with Crippen LogP contribution >= 0.6 is 11.8 Å². The molecule has 3 heterocycles. The summed E-state index contributed by atoms with van der Waals surface area (Å²) in [7, 11) is 1.39. The minimum absolute atomic E-state index is 0.0824. The maximum atomic E-state index is 13.0. The number of esters is 1. The van der Waals surface area contributed by atoms with Gasteiger partial charge in [0.05, 0.1) is 7.11 Å². The number of carbonyl (C=O) groups excluding carboxylic acids is 1. The molecular formula is C24H28N2O4S. The number of aromatic nitrogens is 1. The molecule has 2 aliphatic heterocycles. The Balaban J connectivity index is 1.45. The fraction of sp³-hybridized carbons (Fsp3) is 0.500. The van der Waals surface area contributed by atoms with Crippen molar-refractivity contribution in [3.63, 3.8) is 0 Å². The summed E-state index contributed by atoms with van der Waals surface area (Å²) in [5, 5.41) is 0. The van der Waals surface area contributed by atoms with E-state index in [0.29, 0.717) is 30.3 Å². The fourth-order valence-electron chi connectivity index (χ4n) is 5.14. The van der Waals surface area contributed by atoms with Gasteiger partial charge in [-0.15, -0.1) is 0 Å². The molecule has 5 rings (SSSR count). The standard InChI is InChI=1S/C24H28N2O4S/c1-29-24(28)23-20-6-8-25(18-7-11-31-15-18)9-10-26(20)22(27)14-21(23)30-19-12-16-4-2-3-5-17(16)13-19/h2-5,14,18-19H,6-13,15H2,1H3/t18-/m1/s1. The minimum Gasteiger partial charge on any atom is -0.489 e. The van der Waals surface area contributed by atoms with Crippen molar-refractivity contribution in [1.82, 2.24) is 9.47 Å². The van der Waals surface area contributed by atoms with Gasteiger partial charge >= 0.3 is 5.97 Å². The molecule has 0 radical (unpaired) electrons. The normalized spacial score (nSPS) is 21.4. The summed E-state index contributed by atoms with van der Waals surface area (Å²) < 4.78 is 13.2. The van der Waals surface area contributed by atoms with Crippen molar-refractivity contribution in [3.8, 4) is 5.75 Å². The summed E-state index contributed by atoms with van der Waals surface area (Å²) in [6, 6.07) is 10.3. The zero-order valence-electron chi connectivity index (χ0n) is 17.8. The van der Waals surface area contributed by atoms with Gasteiger partial charge in [-0.25, -0.2) is 4.79 Å². The van der Waals surface area contributed by atoms with Gasteiger partial charge in [0.15, 0.2) is 0 Å². The highest BCUT2D eigenvalue weighted by atomic mass is 32.2. The summed E-state index contributed by atoms with van der Waals surface area (Å²) in [5.41, 5.74) is 3.60. The number of fused-ring (bicyclic) bond motifs is 2. The molecule has 31 heavy (non-hydrogen) atoms. The molecule has 1 aliphatic carbocycles. The van der Waals surface area contributed by atoms with Crippen molar-refractivity contribution in [3.05, 3.63) is 63.1 Å². The monoisotopic (exact) mass is 440 g/mol. The summed E-state index contributed by atoms with van der Waals surface area (Å²) in [6.07, 6.45) is 3.31. The van der Waals surface area contributed by atoms with Crippen molar-refractivity contribution in [1.29, 1.82) is 0 Å². The lowest BCUT2D eigenvalue weighted by Gasteiger charge is -2.26. The van der Waals surface area contributed by atoms with E-state index in [0.717, 1.165) is 37.4 Å². The number of rotatable bonds is 4. The predicted molar refractivity (Wildman–Crippen MR) is 121 cm³/mol. The van der Waals surface area contributed by atoms with E-state index in [2.05, 4.69) is 17.0 Å². The fourth-order valence-corrected chi connectivity index (χ4v) is 6.39. The quantitative estimate of drug-likeness (QED) is 0.681. The number of thioether (sulfide) groups is 1. The Morgan fingerprint density at radius 1 is 1.13 bits per heavy atom. The summed E-state index contributed by atoms with van der Waals surface area (Å²) in [6.45, 7) is 2.26. The highest BCUT2D eigenvalue weighted by Gasteiger charge is 2.31. The van der Waals surface area contributed by atoms with Crippen LogP contribution in [0.5, 0.6) is 5.75 Å². The van der Waals surface area contributed by atoms with Gasteiger partial charge in [-0.1, -0.05) is 24.3 Å². The molecule has 6 nitrogen and oxygen atoms in total. The van der Waals surface area contributed by atoms with E-state index in [9.17, 15) is 9.59 Å². The first kappa shape index (κ1) is 20.6. The van der Waals surface area contributed by atoms with Crippen molar-refractivity contribution < 1.29 is 14.3 Å². The molecule has 1 fully saturated rings. The maximum Gasteiger partial charge on any atom is 0.343 e. The summed E-state index contributed by atoms with van der Waals surface area (Å²) in [4.78, 5) is 28.3. The van der Waals surface area contributed by atoms with Gasteiger partial charge in [0.25, 0.3) is 5.56 Å². The molecule has 1 aromatic carbocycles. The molecule has 0 spiro atoms. The molecule has 0 unspecified atom stereocenters. The van der Waals surface area contributed by atoms with E-state index in [-0.39, 0.29) is 11.7 Å². The van der Waals surface area contributed by atoms with Gasteiger partial charge < -0.3 is 14.0 Å². The van der Waals surface area contributed by atoms with Gasteiger partial charge in [-0.05, 0) is 23.3 Å². The maximum absolute atomic E-state index is 13.0. The molecule has 0 bridgehead atoms. The molecule has 7 heteroatoms. The van der Waals surface area contributed by atoms with Gasteiger partial charge in [0.1, 0.15) is 17.4 Å². The van der Waals surface area contributed by atoms with Crippen LogP contribution < -0.4 is 10.3 Å². The number of hydrogen-bond donors (Lipinski definition) is 0. The second-order valence-corrected chi connectivity index (χ2v) is 9.68. The largest absolute Gasteiger partial charge is 0.489 e. The Hall–Kier alpha value is -2.25. The van der Waals surface area contributed by atoms with Crippen molar-refractivity contribution in [2.24, 2.45) is 0 Å². The summed E-state index contributed by atoms with van der Waals surface area (Å²) in [5.74, 6) is 2.28. The second-order valence-electron chi connectivity index (χ2n) is 8.53. The number of methoxy groups -OCH3 is 1. The van der Waals surface area contributed by atoms with E-state index >= 15 is 0 Å². The SMILES string of the molecule is COC(=O)c1c(OC2Cc3ccccc3C2)cc(=O)n2c1CCN([C@@H]1CCSC1)CC2. The zero-order chi connectivity index (χ0) is 21.4. The Morgan fingerprint density at radius 3 is 2.58 bits per heavy atom. The van der Waals surface area contributed by atoms with E-state index in [1.807, 2.05) is 23.9 Å². The van der Waals surface area contributed by atoms with Crippen molar-refractivity contribution in [2.75, 3.05) is 31.7 Å². The van der Waals surface area contributed by atoms with Crippen LogP contribution in [0.1, 0.15) is 33.6 Å². The van der Waals surface area contributed by atoms with E-state index in [1.54, 1.807) is 4.57 Å². The number of ether oxygens (including phenoxy) is 2. The molecule has 1 saturated heterocycles. The molecule has 2 aromatic rings. The van der Waals surface area contributed by atoms with E-state index < -0.39 is 5.97 Å². The van der Waals surface area contributed by atoms with Crippen LogP contribution in [0.4, 0.5) is 0 Å². The predicted octanol–water partition coefficient (Wildman–Crippen LogP) is 2.54. The number of carbonyl (C=O) groups is 1. The Labute approximate surface area is 186 Å². The highest BCUT2D eigenvalue weighted by molar-refractivity contribution is 7.99. The topological polar surface area (TPSA) is 60.8 Å². The van der Waals surface area contributed by atoms with Gasteiger partial charge in [-0.2, -0.15) is 11.8 Å². The molecule has 0 saturated carbocycles. The first-order valence-electron chi connectivity index (χ1n) is 11.0. The average molecular weight is 441 g/mol. The Morgan fingerprint density at radius 2 is 1.90 bits per heavy atom. The number of nitrogens with zero attached hydrogens (tertiary/aromatic N) is 2. The van der Waals surface area contributed by atoms with Crippen molar-refractivity contribution in [2.45, 2.75) is 44.4 Å². The molecule has 1 atom stereocenters. The van der Waals surface area contributed by atoms with Crippen LogP contribution in [0.15, 0.2) is 35.1 Å². The van der Waals surface area contributed by atoms with Gasteiger partial charge in [-0.3, -0.25) is 9.69 Å². The molecule has 0 N–H and O–H groups in total. The lowest BCUT2D eigenvalue weighted by Crippen LogP contribution is -2.37. The van der Waals surface area contributed by atoms with Crippen LogP contribution in [0.2, 0.25) is 0 Å². The molecule has 1 aromatic heterocycles. The van der Waals surface area contributed by atoms with Crippen LogP contribution in [-0.2, 0) is 30.5 Å². The van der Waals surface area contributed by atoms with Crippen LogP contribution in [0, 0.1) is 0 Å². The number of pyridine rings is 1. The Kier molecular flexibility index (Phi) is 5.80. The van der Waals surface area contributed by atoms with Crippen LogP contribution in [0.3, 0.4) is 0 Å². The first-order valence-corrected chi connectivity index (χ1v) is 12.2. The molecule has 3 aliphatic rings.